The van der Waals surface area contributed by atoms with Crippen LogP contribution in [0.2, 0.25) is 0 Å². The van der Waals surface area contributed by atoms with Crippen LogP contribution in [0.15, 0.2) is 162 Å². The van der Waals surface area contributed by atoms with E-state index in [1.165, 1.54) is 86.6 Å². The summed E-state index contributed by atoms with van der Waals surface area (Å²) < 4.78 is 0. The highest BCUT2D eigenvalue weighted by Gasteiger charge is 2.35. The lowest BCUT2D eigenvalue weighted by Crippen LogP contribution is -2.14. The third-order valence-electron chi connectivity index (χ3n) is 9.83. The topological polar surface area (TPSA) is 12.9 Å². The number of hydrogen-bond acceptors (Lipinski definition) is 2. The van der Waals surface area contributed by atoms with Crippen molar-refractivity contribution in [3.8, 4) is 33.4 Å². The van der Waals surface area contributed by atoms with Crippen LogP contribution in [0.25, 0.3) is 65.7 Å². The highest BCUT2D eigenvalue weighted by Crippen LogP contribution is 2.50. The Morgan fingerprint density at radius 1 is 0.500 bits per heavy atom. The number of nitrogens with zero attached hydrogens (tertiary/aromatic N) is 1. The van der Waals surface area contributed by atoms with E-state index in [4.69, 9.17) is 0 Å². The first-order valence-corrected chi connectivity index (χ1v) is 16.7. The summed E-state index contributed by atoms with van der Waals surface area (Å²) >= 11 is 1.84. The Bertz CT molecular complexity index is 2410. The van der Waals surface area contributed by atoms with Crippen molar-refractivity contribution in [2.45, 2.75) is 29.1 Å². The van der Waals surface area contributed by atoms with Crippen molar-refractivity contribution in [2.24, 2.45) is 0 Å². The van der Waals surface area contributed by atoms with Gasteiger partial charge < -0.3 is 0 Å². The molecule has 1 nitrogen and oxygen atoms in total. The van der Waals surface area contributed by atoms with Gasteiger partial charge in [-0.25, -0.2) is 0 Å². The molecule has 46 heavy (non-hydrogen) atoms. The standard InChI is InChI=1S/C44H31NS/c1-44(2)40-17-8-7-13-33(40)34-23-20-30(26-41(34)44)28-18-21-31(22-19-28)46-43-37-15-6-5-14-36(37)42(39-27-45-25-24-38(39)43)35-16-9-11-29-10-3-4-12-32(29)35/h3-27H,1-2H3. The van der Waals surface area contributed by atoms with Gasteiger partial charge in [0.15, 0.2) is 0 Å². The molecule has 2 heteroatoms. The quantitative estimate of drug-likeness (QED) is 0.185. The van der Waals surface area contributed by atoms with Gasteiger partial charge in [0.1, 0.15) is 0 Å². The Kier molecular flexibility index (Phi) is 6.16. The molecule has 0 bridgehead atoms. The molecule has 0 radical (unpaired) electrons. The van der Waals surface area contributed by atoms with E-state index in [1.54, 1.807) is 0 Å². The van der Waals surface area contributed by atoms with Crippen LogP contribution in [0.1, 0.15) is 25.0 Å². The lowest BCUT2D eigenvalue weighted by Gasteiger charge is -2.22. The first-order valence-electron chi connectivity index (χ1n) is 15.9. The van der Waals surface area contributed by atoms with Crippen molar-refractivity contribution in [1.29, 1.82) is 0 Å². The molecule has 7 aromatic carbocycles. The third kappa shape index (κ3) is 4.14. The molecule has 0 aliphatic heterocycles. The molecule has 218 valence electrons. The monoisotopic (exact) mass is 605 g/mol. The van der Waals surface area contributed by atoms with E-state index in [0.717, 1.165) is 0 Å². The molecular formula is C44H31NS. The summed E-state index contributed by atoms with van der Waals surface area (Å²) in [6.07, 6.45) is 3.96. The van der Waals surface area contributed by atoms with Crippen molar-refractivity contribution in [3.63, 3.8) is 0 Å². The molecule has 0 saturated carbocycles. The predicted octanol–water partition coefficient (Wildman–Crippen LogP) is 12.3. The third-order valence-corrected chi connectivity index (χ3v) is 11.0. The molecule has 0 atom stereocenters. The van der Waals surface area contributed by atoms with Gasteiger partial charge in [0.2, 0.25) is 0 Å². The maximum Gasteiger partial charge on any atom is 0.0353 e. The van der Waals surface area contributed by atoms with Crippen molar-refractivity contribution in [1.82, 2.24) is 4.98 Å². The molecule has 1 heterocycles. The zero-order valence-corrected chi connectivity index (χ0v) is 26.6. The molecule has 0 fully saturated rings. The van der Waals surface area contributed by atoms with Gasteiger partial charge in [-0.05, 0) is 95.7 Å². The molecule has 1 aliphatic carbocycles. The average Bonchev–Trinajstić information content (AvgIpc) is 3.34. The van der Waals surface area contributed by atoms with Crippen LogP contribution in [-0.2, 0) is 5.41 Å². The lowest BCUT2D eigenvalue weighted by atomic mass is 9.81. The highest BCUT2D eigenvalue weighted by molar-refractivity contribution is 7.99. The van der Waals surface area contributed by atoms with Gasteiger partial charge in [0.05, 0.1) is 0 Å². The Morgan fingerprint density at radius 2 is 1.15 bits per heavy atom. The molecule has 0 saturated heterocycles. The van der Waals surface area contributed by atoms with Crippen LogP contribution in [0.5, 0.6) is 0 Å². The van der Waals surface area contributed by atoms with Crippen molar-refractivity contribution in [3.05, 3.63) is 163 Å². The van der Waals surface area contributed by atoms with Gasteiger partial charge in [0, 0.05) is 33.0 Å². The van der Waals surface area contributed by atoms with Crippen LogP contribution in [-0.4, -0.2) is 4.98 Å². The number of aromatic nitrogens is 1. The molecule has 1 aromatic heterocycles. The summed E-state index contributed by atoms with van der Waals surface area (Å²) in [6, 6.07) is 51.2. The predicted molar refractivity (Wildman–Crippen MR) is 196 cm³/mol. The van der Waals surface area contributed by atoms with Gasteiger partial charge in [-0.1, -0.05) is 141 Å². The second-order valence-corrected chi connectivity index (χ2v) is 13.8. The van der Waals surface area contributed by atoms with Crippen LogP contribution in [0.4, 0.5) is 0 Å². The molecule has 0 amide bonds. The summed E-state index contributed by atoms with van der Waals surface area (Å²) in [7, 11) is 0. The second kappa shape index (κ2) is 10.4. The fraction of sp³-hybridized carbons (Fsp3) is 0.0682. The van der Waals surface area contributed by atoms with E-state index >= 15 is 0 Å². The normalized spacial score (nSPS) is 13.3. The fourth-order valence-corrected chi connectivity index (χ4v) is 8.63. The Morgan fingerprint density at radius 3 is 2.02 bits per heavy atom. The molecule has 8 aromatic rings. The molecule has 0 N–H and O–H groups in total. The number of pyridine rings is 1. The average molecular weight is 606 g/mol. The minimum absolute atomic E-state index is 0.00704. The van der Waals surface area contributed by atoms with E-state index in [-0.39, 0.29) is 5.41 Å². The number of benzene rings is 7. The molecule has 1 aliphatic rings. The van der Waals surface area contributed by atoms with E-state index in [0.29, 0.717) is 0 Å². The number of fused-ring (bicyclic) bond motifs is 6. The van der Waals surface area contributed by atoms with E-state index in [2.05, 4.69) is 158 Å². The molecular weight excluding hydrogens is 575 g/mol. The van der Waals surface area contributed by atoms with Crippen LogP contribution in [0.3, 0.4) is 0 Å². The second-order valence-electron chi connectivity index (χ2n) is 12.8. The Balaban J connectivity index is 1.13. The smallest absolute Gasteiger partial charge is 0.0353 e. The lowest BCUT2D eigenvalue weighted by molar-refractivity contribution is 0.660. The number of hydrogen-bond donors (Lipinski definition) is 0. The van der Waals surface area contributed by atoms with E-state index in [1.807, 2.05) is 24.2 Å². The molecule has 0 spiro atoms. The van der Waals surface area contributed by atoms with Crippen LogP contribution < -0.4 is 0 Å². The SMILES string of the molecule is CC1(C)c2ccccc2-c2ccc(-c3ccc(Sc4c5ccccc5c(-c5cccc6ccccc56)c5cnccc45)cc3)cc21. The van der Waals surface area contributed by atoms with Crippen molar-refractivity contribution >= 4 is 44.1 Å². The first-order chi connectivity index (χ1) is 22.6. The van der Waals surface area contributed by atoms with Crippen molar-refractivity contribution < 1.29 is 0 Å². The summed E-state index contributed by atoms with van der Waals surface area (Å²) in [4.78, 5) is 7.10. The van der Waals surface area contributed by atoms with Gasteiger partial charge in [0.25, 0.3) is 0 Å². The van der Waals surface area contributed by atoms with Gasteiger partial charge in [-0.15, -0.1) is 0 Å². The first kappa shape index (κ1) is 27.2. The maximum atomic E-state index is 4.62. The molecule has 9 rings (SSSR count). The summed E-state index contributed by atoms with van der Waals surface area (Å²) in [5, 5.41) is 7.43. The van der Waals surface area contributed by atoms with E-state index in [9.17, 15) is 0 Å². The minimum Gasteiger partial charge on any atom is -0.264 e. The van der Waals surface area contributed by atoms with Gasteiger partial charge in [-0.3, -0.25) is 4.98 Å². The summed E-state index contributed by atoms with van der Waals surface area (Å²) in [6.45, 7) is 4.69. The Hall–Kier alpha value is -5.18. The Labute approximate surface area is 273 Å². The molecule has 0 unspecified atom stereocenters. The van der Waals surface area contributed by atoms with Gasteiger partial charge >= 0.3 is 0 Å². The zero-order chi connectivity index (χ0) is 30.8. The number of rotatable bonds is 4. The minimum atomic E-state index is -0.00704. The van der Waals surface area contributed by atoms with Gasteiger partial charge in [-0.2, -0.15) is 0 Å². The van der Waals surface area contributed by atoms with Crippen LogP contribution >= 0.6 is 11.8 Å². The van der Waals surface area contributed by atoms with Crippen molar-refractivity contribution in [2.75, 3.05) is 0 Å². The van der Waals surface area contributed by atoms with E-state index < -0.39 is 0 Å². The zero-order valence-electron chi connectivity index (χ0n) is 25.8. The fourth-order valence-electron chi connectivity index (χ4n) is 7.54. The highest BCUT2D eigenvalue weighted by atomic mass is 32.2. The largest absolute Gasteiger partial charge is 0.264 e. The summed E-state index contributed by atoms with van der Waals surface area (Å²) in [5.41, 5.74) is 10.5. The maximum absolute atomic E-state index is 4.62. The summed E-state index contributed by atoms with van der Waals surface area (Å²) in [5.74, 6) is 0. The van der Waals surface area contributed by atoms with Crippen LogP contribution in [0, 0.1) is 0 Å².